The number of ether oxygens (including phenoxy) is 1. The number of anilines is 1. The van der Waals surface area contributed by atoms with Crippen molar-refractivity contribution in [2.24, 2.45) is 0 Å². The van der Waals surface area contributed by atoms with Crippen LogP contribution in [0.3, 0.4) is 0 Å². The smallest absolute Gasteiger partial charge is 0.282 e. The highest BCUT2D eigenvalue weighted by atomic mass is 19.1. The van der Waals surface area contributed by atoms with Crippen LogP contribution in [0, 0.1) is 11.6 Å². The number of benzene rings is 3. The highest BCUT2D eigenvalue weighted by Gasteiger charge is 2.20. The molecule has 0 aliphatic carbocycles. The van der Waals surface area contributed by atoms with Crippen molar-refractivity contribution >= 4 is 22.6 Å². The summed E-state index contributed by atoms with van der Waals surface area (Å²) in [5, 5.41) is 24.7. The first-order valence-electron chi connectivity index (χ1n) is 13.5. The third kappa shape index (κ3) is 5.78. The highest BCUT2D eigenvalue weighted by molar-refractivity contribution is 5.97. The second-order valence-electron chi connectivity index (χ2n) is 9.80. The van der Waals surface area contributed by atoms with Crippen LogP contribution in [0.5, 0.6) is 11.5 Å². The van der Waals surface area contributed by atoms with Gasteiger partial charge in [0.1, 0.15) is 17.0 Å². The van der Waals surface area contributed by atoms with E-state index in [1.54, 1.807) is 6.07 Å². The summed E-state index contributed by atoms with van der Waals surface area (Å²) in [5.74, 6) is -1.23. The molecule has 0 amide bonds. The first kappa shape index (κ1) is 28.4. The number of H-pyrrole nitrogens is 1. The van der Waals surface area contributed by atoms with Crippen molar-refractivity contribution in [1.29, 1.82) is 0 Å². The van der Waals surface area contributed by atoms with E-state index < -0.39 is 29.0 Å². The van der Waals surface area contributed by atoms with Gasteiger partial charge in [-0.15, -0.1) is 0 Å². The molecular formula is C32H24F2N6O4. The van der Waals surface area contributed by atoms with Crippen molar-refractivity contribution in [3.05, 3.63) is 136 Å². The van der Waals surface area contributed by atoms with Crippen molar-refractivity contribution in [2.75, 3.05) is 11.9 Å². The van der Waals surface area contributed by atoms with Gasteiger partial charge in [0.05, 0.1) is 23.9 Å². The summed E-state index contributed by atoms with van der Waals surface area (Å²) in [5.41, 5.74) is 1.04. The van der Waals surface area contributed by atoms with Crippen molar-refractivity contribution in [1.82, 2.24) is 25.0 Å². The van der Waals surface area contributed by atoms with Crippen LogP contribution in [0.1, 0.15) is 27.5 Å². The molecular weight excluding hydrogens is 570 g/mol. The standard InChI is InChI=1S/C32H24F2N6O4/c33-21-7-9-22(10-8-21)40-32(43)23(12-15-36-40)26(42)17-19-6-11-27(24(34)16-19)44-28-13-14-35-30-29(28)31(39-38-30)37-25(18-41)20-4-2-1-3-5-20/h1-16,25,41H,17-18H2,(H2,35,37,38,39)/t25-/m0/s1. The Balaban J connectivity index is 1.22. The van der Waals surface area contributed by atoms with Crippen molar-refractivity contribution in [3.8, 4) is 17.2 Å². The first-order valence-corrected chi connectivity index (χ1v) is 13.5. The number of aromatic nitrogens is 5. The minimum absolute atomic E-state index is 0.106. The number of nitrogens with one attached hydrogen (secondary N) is 2. The van der Waals surface area contributed by atoms with Gasteiger partial charge in [-0.1, -0.05) is 36.4 Å². The van der Waals surface area contributed by atoms with Crippen molar-refractivity contribution < 1.29 is 23.4 Å². The van der Waals surface area contributed by atoms with Gasteiger partial charge in [0.15, 0.2) is 28.8 Å². The van der Waals surface area contributed by atoms with Crippen LogP contribution in [-0.4, -0.2) is 42.5 Å². The molecule has 220 valence electrons. The molecule has 0 radical (unpaired) electrons. The molecule has 12 heteroatoms. The molecule has 0 bridgehead atoms. The van der Waals surface area contributed by atoms with Gasteiger partial charge in [0.2, 0.25) is 0 Å². The third-order valence-electron chi connectivity index (χ3n) is 6.92. The van der Waals surface area contributed by atoms with E-state index in [0.717, 1.165) is 16.3 Å². The Bertz CT molecular complexity index is 2010. The van der Waals surface area contributed by atoms with E-state index in [1.807, 2.05) is 30.3 Å². The highest BCUT2D eigenvalue weighted by Crippen LogP contribution is 2.35. The minimum Gasteiger partial charge on any atom is -0.453 e. The van der Waals surface area contributed by atoms with E-state index in [-0.39, 0.29) is 30.1 Å². The van der Waals surface area contributed by atoms with Crippen LogP contribution in [-0.2, 0) is 6.42 Å². The zero-order valence-corrected chi connectivity index (χ0v) is 22.9. The van der Waals surface area contributed by atoms with Gasteiger partial charge in [-0.05, 0) is 53.6 Å². The number of halogens is 2. The zero-order valence-electron chi connectivity index (χ0n) is 22.9. The normalized spacial score (nSPS) is 11.8. The molecule has 0 fully saturated rings. The topological polar surface area (TPSA) is 135 Å². The molecule has 6 rings (SSSR count). The number of nitrogens with zero attached hydrogens (tertiary/aromatic N) is 4. The Morgan fingerprint density at radius 1 is 0.977 bits per heavy atom. The molecule has 3 N–H and O–H groups in total. The number of Topliss-reactive ketones (excluding diaryl/α,β-unsaturated/α-hetero) is 1. The predicted octanol–water partition coefficient (Wildman–Crippen LogP) is 5.15. The van der Waals surface area contributed by atoms with Crippen LogP contribution < -0.4 is 15.6 Å². The molecule has 0 spiro atoms. The van der Waals surface area contributed by atoms with E-state index in [9.17, 15) is 19.1 Å². The van der Waals surface area contributed by atoms with Gasteiger partial charge in [0, 0.05) is 24.9 Å². The minimum atomic E-state index is -0.728. The first-order chi connectivity index (χ1) is 21.4. The number of rotatable bonds is 10. The average molecular weight is 595 g/mol. The zero-order chi connectivity index (χ0) is 30.6. The second-order valence-corrected chi connectivity index (χ2v) is 9.80. The number of fused-ring (bicyclic) bond motifs is 1. The Morgan fingerprint density at radius 2 is 1.77 bits per heavy atom. The number of aromatic amines is 1. The summed E-state index contributed by atoms with van der Waals surface area (Å²) in [4.78, 5) is 30.2. The maximum absolute atomic E-state index is 15.3. The number of carbonyl (C=O) groups excluding carboxylic acids is 1. The molecule has 0 saturated heterocycles. The monoisotopic (exact) mass is 594 g/mol. The van der Waals surface area contributed by atoms with Crippen LogP contribution in [0.4, 0.5) is 14.6 Å². The molecule has 0 aliphatic heterocycles. The molecule has 0 aliphatic rings. The largest absolute Gasteiger partial charge is 0.453 e. The van der Waals surface area contributed by atoms with E-state index in [4.69, 9.17) is 4.74 Å². The average Bonchev–Trinajstić information content (AvgIpc) is 3.46. The fourth-order valence-corrected chi connectivity index (χ4v) is 4.72. The van der Waals surface area contributed by atoms with Gasteiger partial charge in [-0.2, -0.15) is 14.9 Å². The van der Waals surface area contributed by atoms with Crippen LogP contribution in [0.25, 0.3) is 16.7 Å². The molecule has 44 heavy (non-hydrogen) atoms. The summed E-state index contributed by atoms with van der Waals surface area (Å²) < 4.78 is 35.5. The molecule has 3 heterocycles. The third-order valence-corrected chi connectivity index (χ3v) is 6.92. The number of aliphatic hydroxyl groups excluding tert-OH is 1. The molecule has 3 aromatic heterocycles. The maximum atomic E-state index is 15.3. The van der Waals surface area contributed by atoms with E-state index in [2.05, 4.69) is 25.6 Å². The number of hydrogen-bond donors (Lipinski definition) is 3. The van der Waals surface area contributed by atoms with Gasteiger partial charge >= 0.3 is 0 Å². The van der Waals surface area contributed by atoms with Crippen LogP contribution in [0.2, 0.25) is 0 Å². The lowest BCUT2D eigenvalue weighted by Gasteiger charge is -2.17. The second kappa shape index (κ2) is 12.2. The summed E-state index contributed by atoms with van der Waals surface area (Å²) in [6.45, 7) is -0.205. The van der Waals surface area contributed by atoms with Gasteiger partial charge < -0.3 is 15.2 Å². The number of ketones is 1. The van der Waals surface area contributed by atoms with Gasteiger partial charge in [-0.3, -0.25) is 14.7 Å². The number of carbonyl (C=O) groups is 1. The fourth-order valence-electron chi connectivity index (χ4n) is 4.72. The number of pyridine rings is 1. The molecule has 6 aromatic rings. The van der Waals surface area contributed by atoms with E-state index in [0.29, 0.717) is 28.1 Å². The maximum Gasteiger partial charge on any atom is 0.282 e. The quantitative estimate of drug-likeness (QED) is 0.186. The van der Waals surface area contributed by atoms with Gasteiger partial charge in [-0.25, -0.2) is 13.8 Å². The molecule has 0 unspecified atom stereocenters. The summed E-state index contributed by atoms with van der Waals surface area (Å²) >= 11 is 0. The van der Waals surface area contributed by atoms with Gasteiger partial charge in [0.25, 0.3) is 5.56 Å². The lowest BCUT2D eigenvalue weighted by atomic mass is 10.0. The van der Waals surface area contributed by atoms with Crippen molar-refractivity contribution in [2.45, 2.75) is 12.5 Å². The summed E-state index contributed by atoms with van der Waals surface area (Å²) in [6, 6.07) is 20.9. The fraction of sp³-hybridized carbons (Fsp3) is 0.0938. The number of hydrogen-bond acceptors (Lipinski definition) is 8. The molecule has 10 nitrogen and oxygen atoms in total. The Labute approximate surface area is 248 Å². The Hall–Kier alpha value is -5.75. The molecule has 0 saturated carbocycles. The lowest BCUT2D eigenvalue weighted by molar-refractivity contribution is 0.0991. The summed E-state index contributed by atoms with van der Waals surface area (Å²) in [6.07, 6.45) is 2.53. The van der Waals surface area contributed by atoms with E-state index >= 15 is 4.39 Å². The molecule has 1 atom stereocenters. The van der Waals surface area contributed by atoms with Crippen LogP contribution in [0.15, 0.2) is 102 Å². The lowest BCUT2D eigenvalue weighted by Crippen LogP contribution is -2.27. The van der Waals surface area contributed by atoms with E-state index in [1.165, 1.54) is 54.9 Å². The molecule has 3 aromatic carbocycles. The summed E-state index contributed by atoms with van der Waals surface area (Å²) in [7, 11) is 0. The van der Waals surface area contributed by atoms with Crippen molar-refractivity contribution in [3.63, 3.8) is 0 Å². The SMILES string of the molecule is O=C(Cc1ccc(Oc2ccnc3[nH]nc(N[C@@H](CO)c4ccccc4)c23)c(F)c1)c1ccnn(-c2ccc(F)cc2)c1=O. The number of aliphatic hydroxyl groups is 1. The predicted molar refractivity (Wildman–Crippen MR) is 158 cm³/mol. The Morgan fingerprint density at radius 3 is 2.52 bits per heavy atom. The van der Waals surface area contributed by atoms with Crippen LogP contribution >= 0.6 is 0 Å². The Kier molecular flexibility index (Phi) is 7.89.